The smallest absolute Gasteiger partial charge is 0.0546 e. The molecule has 1 unspecified atom stereocenters. The van der Waals surface area contributed by atoms with Gasteiger partial charge in [0.1, 0.15) is 0 Å². The molecular formula is C12H26N2O. The lowest BCUT2D eigenvalue weighted by atomic mass is 9.81. The first-order valence-electron chi connectivity index (χ1n) is 6.00. The molecule has 1 saturated heterocycles. The summed E-state index contributed by atoms with van der Waals surface area (Å²) in [5.41, 5.74) is 0.325. The summed E-state index contributed by atoms with van der Waals surface area (Å²) in [5.74, 6) is 0. The number of hydrogen-bond acceptors (Lipinski definition) is 3. The monoisotopic (exact) mass is 214 g/mol. The zero-order valence-electron chi connectivity index (χ0n) is 10.7. The van der Waals surface area contributed by atoms with Crippen LogP contribution in [0, 0.1) is 5.41 Å². The van der Waals surface area contributed by atoms with Gasteiger partial charge in [-0.15, -0.1) is 0 Å². The summed E-state index contributed by atoms with van der Waals surface area (Å²) in [6.07, 6.45) is 2.48. The van der Waals surface area contributed by atoms with Crippen LogP contribution in [0.5, 0.6) is 0 Å². The van der Waals surface area contributed by atoms with Crippen molar-refractivity contribution >= 4 is 0 Å². The Labute approximate surface area is 94.2 Å². The van der Waals surface area contributed by atoms with Crippen LogP contribution in [-0.2, 0) is 4.74 Å². The molecule has 0 amide bonds. The zero-order valence-corrected chi connectivity index (χ0v) is 10.7. The fraction of sp³-hybridized carbons (Fsp3) is 1.00. The molecule has 1 atom stereocenters. The van der Waals surface area contributed by atoms with E-state index in [1.807, 2.05) is 0 Å². The second-order valence-electron chi connectivity index (χ2n) is 5.43. The van der Waals surface area contributed by atoms with Gasteiger partial charge in [-0.2, -0.15) is 0 Å². The minimum Gasteiger partial charge on any atom is -0.381 e. The predicted octanol–water partition coefficient (Wildman–Crippen LogP) is 1.34. The molecule has 1 heterocycles. The fourth-order valence-electron chi connectivity index (χ4n) is 2.32. The molecule has 0 aromatic rings. The minimum absolute atomic E-state index is 0.325. The maximum Gasteiger partial charge on any atom is 0.0546 e. The number of ether oxygens (including phenoxy) is 1. The number of nitrogens with zero attached hydrogens (tertiary/aromatic N) is 1. The van der Waals surface area contributed by atoms with Crippen molar-refractivity contribution in [3.63, 3.8) is 0 Å². The van der Waals surface area contributed by atoms with E-state index >= 15 is 0 Å². The summed E-state index contributed by atoms with van der Waals surface area (Å²) in [6.45, 7) is 8.44. The van der Waals surface area contributed by atoms with Gasteiger partial charge in [0.05, 0.1) is 6.61 Å². The van der Waals surface area contributed by atoms with Crippen LogP contribution in [-0.4, -0.2) is 51.3 Å². The van der Waals surface area contributed by atoms with E-state index in [1.54, 1.807) is 0 Å². The summed E-state index contributed by atoms with van der Waals surface area (Å²) in [7, 11) is 4.29. The van der Waals surface area contributed by atoms with E-state index < -0.39 is 0 Å². The van der Waals surface area contributed by atoms with Crippen LogP contribution >= 0.6 is 0 Å². The maximum absolute atomic E-state index is 5.65. The Morgan fingerprint density at radius 3 is 2.60 bits per heavy atom. The minimum atomic E-state index is 0.325. The standard InChI is InChI=1S/C12H26N2O/c1-11(2)13-8-12(9-14(3)4)6-5-7-15-10-12/h11,13H,5-10H2,1-4H3. The van der Waals surface area contributed by atoms with Gasteiger partial charge >= 0.3 is 0 Å². The highest BCUT2D eigenvalue weighted by Gasteiger charge is 2.33. The first-order valence-corrected chi connectivity index (χ1v) is 6.00. The highest BCUT2D eigenvalue weighted by molar-refractivity contribution is 4.86. The highest BCUT2D eigenvalue weighted by atomic mass is 16.5. The topological polar surface area (TPSA) is 24.5 Å². The van der Waals surface area contributed by atoms with Gasteiger partial charge in [-0.1, -0.05) is 13.8 Å². The molecule has 1 aliphatic rings. The second-order valence-corrected chi connectivity index (χ2v) is 5.43. The molecule has 0 saturated carbocycles. The summed E-state index contributed by atoms with van der Waals surface area (Å²) in [5, 5.41) is 3.55. The van der Waals surface area contributed by atoms with Gasteiger partial charge in [0.15, 0.2) is 0 Å². The SMILES string of the molecule is CC(C)NCC1(CN(C)C)CCCOC1. The van der Waals surface area contributed by atoms with Crippen molar-refractivity contribution in [1.82, 2.24) is 10.2 Å². The molecule has 15 heavy (non-hydrogen) atoms. The lowest BCUT2D eigenvalue weighted by Gasteiger charge is -2.39. The van der Waals surface area contributed by atoms with Crippen LogP contribution in [0.4, 0.5) is 0 Å². The summed E-state index contributed by atoms with van der Waals surface area (Å²) < 4.78 is 5.65. The average Bonchev–Trinajstić information content (AvgIpc) is 2.15. The first-order chi connectivity index (χ1) is 7.04. The zero-order chi connectivity index (χ0) is 11.3. The maximum atomic E-state index is 5.65. The molecule has 0 aliphatic carbocycles. The van der Waals surface area contributed by atoms with Crippen LogP contribution < -0.4 is 5.32 Å². The van der Waals surface area contributed by atoms with Crippen LogP contribution in [0.2, 0.25) is 0 Å². The molecule has 90 valence electrons. The van der Waals surface area contributed by atoms with Gasteiger partial charge in [0, 0.05) is 31.2 Å². The number of nitrogens with one attached hydrogen (secondary N) is 1. The van der Waals surface area contributed by atoms with Crippen molar-refractivity contribution in [1.29, 1.82) is 0 Å². The van der Waals surface area contributed by atoms with Crippen molar-refractivity contribution in [3.05, 3.63) is 0 Å². The molecule has 0 spiro atoms. The van der Waals surface area contributed by atoms with Gasteiger partial charge in [-0.25, -0.2) is 0 Å². The number of rotatable bonds is 5. The molecule has 0 bridgehead atoms. The molecule has 0 aromatic carbocycles. The molecule has 3 nitrogen and oxygen atoms in total. The van der Waals surface area contributed by atoms with Crippen molar-refractivity contribution in [2.75, 3.05) is 40.4 Å². The molecule has 1 rings (SSSR count). The molecule has 1 N–H and O–H groups in total. The van der Waals surface area contributed by atoms with E-state index in [4.69, 9.17) is 4.74 Å². The normalized spacial score (nSPS) is 27.6. The summed E-state index contributed by atoms with van der Waals surface area (Å²) in [4.78, 5) is 2.27. The third kappa shape index (κ3) is 4.49. The van der Waals surface area contributed by atoms with Crippen molar-refractivity contribution < 1.29 is 4.74 Å². The summed E-state index contributed by atoms with van der Waals surface area (Å²) in [6, 6.07) is 0.561. The van der Waals surface area contributed by atoms with Gasteiger partial charge in [-0.05, 0) is 26.9 Å². The Bertz CT molecular complexity index is 174. The van der Waals surface area contributed by atoms with E-state index in [0.717, 1.165) is 26.3 Å². The molecular weight excluding hydrogens is 188 g/mol. The summed E-state index contributed by atoms with van der Waals surface area (Å²) >= 11 is 0. The second kappa shape index (κ2) is 5.83. The molecule has 1 aliphatic heterocycles. The van der Waals surface area contributed by atoms with Crippen LogP contribution in [0.1, 0.15) is 26.7 Å². The third-order valence-electron chi connectivity index (χ3n) is 2.94. The van der Waals surface area contributed by atoms with E-state index in [9.17, 15) is 0 Å². The largest absolute Gasteiger partial charge is 0.381 e. The van der Waals surface area contributed by atoms with E-state index in [2.05, 4.69) is 38.2 Å². The molecule has 1 fully saturated rings. The van der Waals surface area contributed by atoms with Gasteiger partial charge < -0.3 is 15.0 Å². The van der Waals surface area contributed by atoms with Gasteiger partial charge in [0.25, 0.3) is 0 Å². The first kappa shape index (κ1) is 12.9. The van der Waals surface area contributed by atoms with Crippen LogP contribution in [0.3, 0.4) is 0 Å². The van der Waals surface area contributed by atoms with E-state index in [-0.39, 0.29) is 0 Å². The Morgan fingerprint density at radius 1 is 1.40 bits per heavy atom. The van der Waals surface area contributed by atoms with Gasteiger partial charge in [0.2, 0.25) is 0 Å². The molecule has 0 aromatic heterocycles. The van der Waals surface area contributed by atoms with Crippen molar-refractivity contribution in [2.45, 2.75) is 32.7 Å². The van der Waals surface area contributed by atoms with Crippen molar-refractivity contribution in [2.24, 2.45) is 5.41 Å². The highest BCUT2D eigenvalue weighted by Crippen LogP contribution is 2.28. The fourth-order valence-corrected chi connectivity index (χ4v) is 2.32. The average molecular weight is 214 g/mol. The Hall–Kier alpha value is -0.120. The van der Waals surface area contributed by atoms with E-state index in [1.165, 1.54) is 12.8 Å². The van der Waals surface area contributed by atoms with Crippen LogP contribution in [0.15, 0.2) is 0 Å². The molecule has 3 heteroatoms. The van der Waals surface area contributed by atoms with Gasteiger partial charge in [-0.3, -0.25) is 0 Å². The van der Waals surface area contributed by atoms with E-state index in [0.29, 0.717) is 11.5 Å². The van der Waals surface area contributed by atoms with Crippen LogP contribution in [0.25, 0.3) is 0 Å². The van der Waals surface area contributed by atoms with Crippen molar-refractivity contribution in [3.8, 4) is 0 Å². The quantitative estimate of drug-likeness (QED) is 0.747. The Morgan fingerprint density at radius 2 is 2.13 bits per heavy atom. The lowest BCUT2D eigenvalue weighted by molar-refractivity contribution is -0.0204. The molecule has 0 radical (unpaired) electrons. The number of hydrogen-bond donors (Lipinski definition) is 1. The predicted molar refractivity (Wildman–Crippen MR) is 64.2 cm³/mol. The third-order valence-corrected chi connectivity index (χ3v) is 2.94. The Kier molecular flexibility index (Phi) is 5.03. The Balaban J connectivity index is 2.50. The lowest BCUT2D eigenvalue weighted by Crippen LogP contribution is -2.48.